The van der Waals surface area contributed by atoms with Gasteiger partial charge in [-0.15, -0.1) is 0 Å². The van der Waals surface area contributed by atoms with Crippen molar-refractivity contribution in [2.75, 3.05) is 44.7 Å². The van der Waals surface area contributed by atoms with Crippen molar-refractivity contribution in [1.29, 1.82) is 0 Å². The number of rotatable bonds is 7. The van der Waals surface area contributed by atoms with E-state index in [4.69, 9.17) is 5.73 Å². The molecule has 0 unspecified atom stereocenters. The lowest BCUT2D eigenvalue weighted by atomic mass is 10.2. The minimum Gasteiger partial charge on any atom is -0.339 e. The van der Waals surface area contributed by atoms with Gasteiger partial charge in [-0.1, -0.05) is 42.5 Å². The number of hydrogen-bond donors (Lipinski definition) is 1. The van der Waals surface area contributed by atoms with Crippen molar-refractivity contribution in [3.63, 3.8) is 0 Å². The highest BCUT2D eigenvalue weighted by molar-refractivity contribution is 7.98. The van der Waals surface area contributed by atoms with Crippen molar-refractivity contribution in [3.8, 4) is 0 Å². The molecule has 23 heavy (non-hydrogen) atoms. The minimum atomic E-state index is -0.341. The summed E-state index contributed by atoms with van der Waals surface area (Å²) in [5.41, 5.74) is 7.21. The second kappa shape index (κ2) is 9.75. The van der Waals surface area contributed by atoms with Gasteiger partial charge in [0.05, 0.1) is 6.04 Å². The van der Waals surface area contributed by atoms with Crippen LogP contribution in [0.1, 0.15) is 12.0 Å². The summed E-state index contributed by atoms with van der Waals surface area (Å²) in [4.78, 5) is 16.6. The van der Waals surface area contributed by atoms with Crippen LogP contribution in [0.15, 0.2) is 36.4 Å². The first-order valence-corrected chi connectivity index (χ1v) is 9.57. The van der Waals surface area contributed by atoms with Crippen LogP contribution in [0.5, 0.6) is 0 Å². The first kappa shape index (κ1) is 18.0. The highest BCUT2D eigenvalue weighted by atomic mass is 32.2. The van der Waals surface area contributed by atoms with Crippen molar-refractivity contribution in [2.24, 2.45) is 5.73 Å². The molecule has 1 saturated heterocycles. The third kappa shape index (κ3) is 6.01. The maximum atomic E-state index is 12.3. The van der Waals surface area contributed by atoms with Gasteiger partial charge in [-0.25, -0.2) is 0 Å². The second-order valence-electron chi connectivity index (χ2n) is 5.83. The van der Waals surface area contributed by atoms with Gasteiger partial charge >= 0.3 is 0 Å². The third-order valence-corrected chi connectivity index (χ3v) is 4.75. The lowest BCUT2D eigenvalue weighted by Gasteiger charge is -2.35. The highest BCUT2D eigenvalue weighted by Gasteiger charge is 2.24. The molecule has 1 atom stereocenters. The zero-order valence-corrected chi connectivity index (χ0v) is 14.7. The van der Waals surface area contributed by atoms with E-state index in [0.717, 1.165) is 44.9 Å². The van der Waals surface area contributed by atoms with Gasteiger partial charge < -0.3 is 10.6 Å². The lowest BCUT2D eigenvalue weighted by molar-refractivity contribution is -0.134. The summed E-state index contributed by atoms with van der Waals surface area (Å²) in [6.07, 6.45) is 7.14. The number of nitrogens with two attached hydrogens (primary N) is 1. The molecular weight excluding hydrogens is 306 g/mol. The van der Waals surface area contributed by atoms with Crippen LogP contribution >= 0.6 is 11.8 Å². The number of carbonyl (C=O) groups excluding carboxylic acids is 1. The Morgan fingerprint density at radius 1 is 1.26 bits per heavy atom. The Kier molecular flexibility index (Phi) is 7.65. The van der Waals surface area contributed by atoms with E-state index in [1.54, 1.807) is 11.8 Å². The molecule has 1 amide bonds. The van der Waals surface area contributed by atoms with Crippen molar-refractivity contribution in [3.05, 3.63) is 42.0 Å². The molecule has 1 aliphatic heterocycles. The molecule has 0 aromatic heterocycles. The van der Waals surface area contributed by atoms with E-state index in [9.17, 15) is 4.79 Å². The Labute approximate surface area is 143 Å². The number of piperazine rings is 1. The molecule has 1 aromatic carbocycles. The number of thioether (sulfide) groups is 1. The molecule has 0 saturated carbocycles. The molecule has 0 bridgehead atoms. The van der Waals surface area contributed by atoms with Crippen LogP contribution in [-0.2, 0) is 4.79 Å². The van der Waals surface area contributed by atoms with E-state index < -0.39 is 0 Å². The molecule has 1 aromatic rings. The Balaban J connectivity index is 1.71. The molecule has 2 N–H and O–H groups in total. The van der Waals surface area contributed by atoms with Crippen LogP contribution in [0.4, 0.5) is 0 Å². The monoisotopic (exact) mass is 333 g/mol. The zero-order valence-electron chi connectivity index (χ0n) is 13.9. The molecule has 1 heterocycles. The maximum absolute atomic E-state index is 12.3. The predicted molar refractivity (Wildman–Crippen MR) is 99.5 cm³/mol. The van der Waals surface area contributed by atoms with Gasteiger partial charge in [-0.2, -0.15) is 11.8 Å². The first-order valence-electron chi connectivity index (χ1n) is 8.18. The van der Waals surface area contributed by atoms with Crippen LogP contribution in [0, 0.1) is 0 Å². The molecule has 5 heteroatoms. The lowest BCUT2D eigenvalue weighted by Crippen LogP contribution is -2.53. The minimum absolute atomic E-state index is 0.110. The molecule has 126 valence electrons. The fourth-order valence-electron chi connectivity index (χ4n) is 2.66. The molecule has 0 aliphatic carbocycles. The van der Waals surface area contributed by atoms with Crippen molar-refractivity contribution >= 4 is 23.7 Å². The second-order valence-corrected chi connectivity index (χ2v) is 6.81. The zero-order chi connectivity index (χ0) is 16.5. The Bertz CT molecular complexity index is 498. The first-order chi connectivity index (χ1) is 11.2. The summed E-state index contributed by atoms with van der Waals surface area (Å²) in [5.74, 6) is 1.05. The topological polar surface area (TPSA) is 49.6 Å². The predicted octanol–water partition coefficient (Wildman–Crippen LogP) is 1.92. The van der Waals surface area contributed by atoms with E-state index in [1.807, 2.05) is 29.4 Å². The summed E-state index contributed by atoms with van der Waals surface area (Å²) in [5, 5.41) is 0. The fraction of sp³-hybridized carbons (Fsp3) is 0.500. The standard InChI is InChI=1S/C18H27N3OS/c1-23-15-9-17(19)18(22)21-13-11-20(12-14-21)10-5-8-16-6-3-2-4-7-16/h2-8,17H,9-15,19H2,1H3/b8-5+/t17-/m0/s1. The molecule has 1 aliphatic rings. The summed E-state index contributed by atoms with van der Waals surface area (Å²) in [6, 6.07) is 9.98. The van der Waals surface area contributed by atoms with E-state index in [-0.39, 0.29) is 11.9 Å². The average molecular weight is 334 g/mol. The van der Waals surface area contributed by atoms with Gasteiger partial charge in [0.2, 0.25) is 5.91 Å². The highest BCUT2D eigenvalue weighted by Crippen LogP contribution is 2.08. The maximum Gasteiger partial charge on any atom is 0.239 e. The summed E-state index contributed by atoms with van der Waals surface area (Å²) in [6.45, 7) is 4.33. The number of hydrogen-bond acceptors (Lipinski definition) is 4. The SMILES string of the molecule is CSCC[C@H](N)C(=O)N1CCN(C/C=C/c2ccccc2)CC1. The van der Waals surface area contributed by atoms with Gasteiger partial charge in [-0.3, -0.25) is 9.69 Å². The number of amides is 1. The molecule has 0 radical (unpaired) electrons. The summed E-state index contributed by atoms with van der Waals surface area (Å²) < 4.78 is 0. The molecule has 2 rings (SSSR count). The molecule has 0 spiro atoms. The quantitative estimate of drug-likeness (QED) is 0.828. The number of nitrogens with zero attached hydrogens (tertiary/aromatic N) is 2. The van der Waals surface area contributed by atoms with E-state index >= 15 is 0 Å². The molecular formula is C18H27N3OS. The number of benzene rings is 1. The van der Waals surface area contributed by atoms with Crippen molar-refractivity contribution < 1.29 is 4.79 Å². The molecule has 4 nitrogen and oxygen atoms in total. The van der Waals surface area contributed by atoms with Crippen LogP contribution < -0.4 is 5.73 Å². The average Bonchev–Trinajstić information content (AvgIpc) is 2.60. The van der Waals surface area contributed by atoms with Crippen LogP contribution in [-0.4, -0.2) is 66.5 Å². The Hall–Kier alpha value is -1.30. The van der Waals surface area contributed by atoms with Gasteiger partial charge in [0, 0.05) is 32.7 Å². The van der Waals surface area contributed by atoms with Gasteiger partial charge in [-0.05, 0) is 24.0 Å². The largest absolute Gasteiger partial charge is 0.339 e. The smallest absolute Gasteiger partial charge is 0.239 e. The molecule has 1 fully saturated rings. The Morgan fingerprint density at radius 2 is 1.96 bits per heavy atom. The van der Waals surface area contributed by atoms with E-state index in [1.165, 1.54) is 5.56 Å². The van der Waals surface area contributed by atoms with E-state index in [0.29, 0.717) is 0 Å². The Morgan fingerprint density at radius 3 is 2.61 bits per heavy atom. The van der Waals surface area contributed by atoms with Crippen molar-refractivity contribution in [1.82, 2.24) is 9.80 Å². The van der Waals surface area contributed by atoms with Crippen LogP contribution in [0.25, 0.3) is 6.08 Å². The van der Waals surface area contributed by atoms with Gasteiger partial charge in [0.1, 0.15) is 0 Å². The number of carbonyl (C=O) groups is 1. The normalized spacial score (nSPS) is 17.6. The van der Waals surface area contributed by atoms with Gasteiger partial charge in [0.15, 0.2) is 0 Å². The van der Waals surface area contributed by atoms with Crippen LogP contribution in [0.3, 0.4) is 0 Å². The summed E-state index contributed by atoms with van der Waals surface area (Å²) >= 11 is 1.74. The van der Waals surface area contributed by atoms with E-state index in [2.05, 4.69) is 29.2 Å². The fourth-order valence-corrected chi connectivity index (χ4v) is 3.15. The summed E-state index contributed by atoms with van der Waals surface area (Å²) in [7, 11) is 0. The third-order valence-electron chi connectivity index (χ3n) is 4.11. The van der Waals surface area contributed by atoms with Gasteiger partial charge in [0.25, 0.3) is 0 Å². The van der Waals surface area contributed by atoms with Crippen LogP contribution in [0.2, 0.25) is 0 Å². The van der Waals surface area contributed by atoms with Crippen molar-refractivity contribution in [2.45, 2.75) is 12.5 Å².